The normalized spacial score (nSPS) is 19.9. The number of fused-ring (bicyclic) bond motifs is 1. The minimum Gasteiger partial charge on any atom is -0.497 e. The number of ether oxygens (including phenoxy) is 1. The Balaban J connectivity index is 1.22. The number of piperidine rings is 1. The molecule has 4 rings (SSSR count). The van der Waals surface area contributed by atoms with Gasteiger partial charge in [0.15, 0.2) is 0 Å². The molecule has 0 spiro atoms. The standard InChI is InChI=1S/C29H37NO2/c1-32-29-15-10-25(11-16-29)22-30-19-17-23(18-20-30)5-4-6-24-9-13-28(31)14-12-26-7-2-3-8-27(26)21-24/h2-3,7-11,15-16,23H,4-6,12-14,17-22H2,1H3/b24-9-. The van der Waals surface area contributed by atoms with Crippen LogP contribution < -0.4 is 4.74 Å². The summed E-state index contributed by atoms with van der Waals surface area (Å²) in [6, 6.07) is 17.2. The van der Waals surface area contributed by atoms with Crippen molar-refractivity contribution in [1.82, 2.24) is 4.90 Å². The minimum atomic E-state index is 0.378. The summed E-state index contributed by atoms with van der Waals surface area (Å²) >= 11 is 0. The number of rotatable bonds is 7. The number of benzene rings is 2. The van der Waals surface area contributed by atoms with E-state index in [1.165, 1.54) is 61.0 Å². The van der Waals surface area contributed by atoms with Gasteiger partial charge in [0.25, 0.3) is 0 Å². The molecular formula is C29H37NO2. The van der Waals surface area contributed by atoms with Crippen LogP contribution in [0.25, 0.3) is 0 Å². The lowest BCUT2D eigenvalue weighted by Gasteiger charge is -2.32. The van der Waals surface area contributed by atoms with Crippen molar-refractivity contribution in [2.75, 3.05) is 20.2 Å². The molecule has 32 heavy (non-hydrogen) atoms. The van der Waals surface area contributed by atoms with Crippen molar-refractivity contribution < 1.29 is 9.53 Å². The maximum Gasteiger partial charge on any atom is 0.136 e. The second-order valence-electron chi connectivity index (χ2n) is 9.51. The smallest absolute Gasteiger partial charge is 0.136 e. The zero-order valence-corrected chi connectivity index (χ0v) is 19.5. The Morgan fingerprint density at radius 1 is 0.969 bits per heavy atom. The monoisotopic (exact) mass is 431 g/mol. The summed E-state index contributed by atoms with van der Waals surface area (Å²) in [5.41, 5.74) is 5.61. The van der Waals surface area contributed by atoms with Gasteiger partial charge in [0.05, 0.1) is 7.11 Å². The Morgan fingerprint density at radius 3 is 2.47 bits per heavy atom. The summed E-state index contributed by atoms with van der Waals surface area (Å²) < 4.78 is 5.26. The van der Waals surface area contributed by atoms with Crippen LogP contribution in [0.3, 0.4) is 0 Å². The molecule has 2 aromatic rings. The van der Waals surface area contributed by atoms with E-state index in [0.717, 1.165) is 37.5 Å². The molecule has 0 N–H and O–H groups in total. The first-order valence-corrected chi connectivity index (χ1v) is 12.3. The van der Waals surface area contributed by atoms with Crippen LogP contribution in [0.5, 0.6) is 5.75 Å². The van der Waals surface area contributed by atoms with E-state index in [-0.39, 0.29) is 0 Å². The highest BCUT2D eigenvalue weighted by atomic mass is 16.5. The van der Waals surface area contributed by atoms with Crippen molar-refractivity contribution in [3.63, 3.8) is 0 Å². The third-order valence-electron chi connectivity index (χ3n) is 7.21. The van der Waals surface area contributed by atoms with Crippen LogP contribution >= 0.6 is 0 Å². The highest BCUT2D eigenvalue weighted by Crippen LogP contribution is 2.27. The molecule has 0 aromatic heterocycles. The number of hydrogen-bond donors (Lipinski definition) is 0. The van der Waals surface area contributed by atoms with E-state index < -0.39 is 0 Å². The fourth-order valence-corrected chi connectivity index (χ4v) is 5.16. The van der Waals surface area contributed by atoms with Crippen LogP contribution in [-0.4, -0.2) is 30.9 Å². The van der Waals surface area contributed by atoms with Gasteiger partial charge in [-0.1, -0.05) is 54.5 Å². The predicted octanol–water partition coefficient (Wildman–Crippen LogP) is 6.15. The zero-order chi connectivity index (χ0) is 22.2. The summed E-state index contributed by atoms with van der Waals surface area (Å²) in [5, 5.41) is 0. The van der Waals surface area contributed by atoms with Crippen LogP contribution in [0.2, 0.25) is 0 Å². The quantitative estimate of drug-likeness (QED) is 0.492. The van der Waals surface area contributed by atoms with Gasteiger partial charge in [0.2, 0.25) is 0 Å². The SMILES string of the molecule is COc1ccc(CN2CCC(CCC/C3=C/CC(=O)CCc4ccccc4C3)CC2)cc1. The van der Waals surface area contributed by atoms with Gasteiger partial charge < -0.3 is 4.74 Å². The van der Waals surface area contributed by atoms with E-state index >= 15 is 0 Å². The number of Topliss-reactive ketones (excluding diaryl/α,β-unsaturated/α-hetero) is 1. The van der Waals surface area contributed by atoms with Crippen LogP contribution in [0, 0.1) is 5.92 Å². The Morgan fingerprint density at radius 2 is 1.72 bits per heavy atom. The molecule has 0 atom stereocenters. The first-order chi connectivity index (χ1) is 15.7. The predicted molar refractivity (Wildman–Crippen MR) is 131 cm³/mol. The number of nitrogens with zero attached hydrogens (tertiary/aromatic N) is 1. The van der Waals surface area contributed by atoms with Gasteiger partial charge >= 0.3 is 0 Å². The summed E-state index contributed by atoms with van der Waals surface area (Å²) in [6.45, 7) is 3.43. The fraction of sp³-hybridized carbons (Fsp3) is 0.483. The largest absolute Gasteiger partial charge is 0.497 e. The molecule has 0 radical (unpaired) electrons. The Kier molecular flexibility index (Phi) is 8.17. The lowest BCUT2D eigenvalue weighted by Crippen LogP contribution is -2.33. The number of allylic oxidation sites excluding steroid dienone is 2. The van der Waals surface area contributed by atoms with E-state index in [1.807, 2.05) is 0 Å². The molecule has 2 aromatic carbocycles. The summed E-state index contributed by atoms with van der Waals surface area (Å²) in [5.74, 6) is 2.15. The highest BCUT2D eigenvalue weighted by molar-refractivity contribution is 5.80. The number of carbonyl (C=O) groups is 1. The van der Waals surface area contributed by atoms with Crippen LogP contribution in [0.1, 0.15) is 61.6 Å². The Hall–Kier alpha value is -2.39. The third-order valence-corrected chi connectivity index (χ3v) is 7.21. The van der Waals surface area contributed by atoms with Crippen molar-refractivity contribution in [1.29, 1.82) is 0 Å². The number of ketones is 1. The Bertz CT molecular complexity index is 907. The van der Waals surface area contributed by atoms with Crippen molar-refractivity contribution in [3.05, 3.63) is 76.9 Å². The lowest BCUT2D eigenvalue weighted by atomic mass is 9.89. The van der Waals surface area contributed by atoms with Crippen LogP contribution in [0.4, 0.5) is 0 Å². The molecule has 170 valence electrons. The average molecular weight is 432 g/mol. The summed E-state index contributed by atoms with van der Waals surface area (Å²) in [4.78, 5) is 14.8. The topological polar surface area (TPSA) is 29.5 Å². The highest BCUT2D eigenvalue weighted by Gasteiger charge is 2.19. The summed E-state index contributed by atoms with van der Waals surface area (Å²) in [7, 11) is 1.72. The number of hydrogen-bond acceptors (Lipinski definition) is 3. The molecule has 3 heteroatoms. The molecule has 1 fully saturated rings. The molecule has 0 saturated carbocycles. The van der Waals surface area contributed by atoms with E-state index in [0.29, 0.717) is 18.6 Å². The van der Waals surface area contributed by atoms with Crippen LogP contribution in [-0.2, 0) is 24.2 Å². The number of aryl methyl sites for hydroxylation is 1. The number of likely N-dealkylation sites (tertiary alicyclic amines) is 1. The fourth-order valence-electron chi connectivity index (χ4n) is 5.16. The second-order valence-corrected chi connectivity index (χ2v) is 9.51. The lowest BCUT2D eigenvalue weighted by molar-refractivity contribution is -0.118. The third kappa shape index (κ3) is 6.56. The first kappa shape index (κ1) is 22.8. The van der Waals surface area contributed by atoms with Gasteiger partial charge in [0, 0.05) is 19.4 Å². The molecule has 0 bridgehead atoms. The molecule has 3 nitrogen and oxygen atoms in total. The van der Waals surface area contributed by atoms with Crippen molar-refractivity contribution in [2.24, 2.45) is 5.92 Å². The summed E-state index contributed by atoms with van der Waals surface area (Å²) in [6.07, 6.45) is 11.7. The van der Waals surface area contributed by atoms with E-state index in [4.69, 9.17) is 4.74 Å². The Labute approximate surface area is 193 Å². The molecule has 1 heterocycles. The van der Waals surface area contributed by atoms with Crippen molar-refractivity contribution in [2.45, 2.75) is 64.3 Å². The van der Waals surface area contributed by atoms with Gasteiger partial charge in [-0.15, -0.1) is 0 Å². The van der Waals surface area contributed by atoms with Crippen molar-refractivity contribution in [3.8, 4) is 5.75 Å². The maximum absolute atomic E-state index is 12.2. The molecule has 2 aliphatic rings. The van der Waals surface area contributed by atoms with Gasteiger partial charge in [0.1, 0.15) is 11.5 Å². The minimum absolute atomic E-state index is 0.378. The molecular weight excluding hydrogens is 394 g/mol. The van der Waals surface area contributed by atoms with Gasteiger partial charge in [-0.25, -0.2) is 0 Å². The molecule has 0 amide bonds. The van der Waals surface area contributed by atoms with E-state index in [2.05, 4.69) is 59.5 Å². The molecule has 1 saturated heterocycles. The number of carbonyl (C=O) groups excluding carboxylic acids is 1. The van der Waals surface area contributed by atoms with Crippen molar-refractivity contribution >= 4 is 5.78 Å². The molecule has 1 aliphatic heterocycles. The van der Waals surface area contributed by atoms with E-state index in [9.17, 15) is 4.79 Å². The second kappa shape index (κ2) is 11.5. The van der Waals surface area contributed by atoms with Gasteiger partial charge in [-0.2, -0.15) is 0 Å². The molecule has 1 aliphatic carbocycles. The number of methoxy groups -OCH3 is 1. The van der Waals surface area contributed by atoms with Crippen LogP contribution in [0.15, 0.2) is 60.2 Å². The molecule has 0 unspecified atom stereocenters. The van der Waals surface area contributed by atoms with Gasteiger partial charge in [-0.05, 0) is 86.4 Å². The zero-order valence-electron chi connectivity index (χ0n) is 19.5. The maximum atomic E-state index is 12.2. The van der Waals surface area contributed by atoms with Gasteiger partial charge in [-0.3, -0.25) is 9.69 Å². The first-order valence-electron chi connectivity index (χ1n) is 12.3. The average Bonchev–Trinajstić information content (AvgIpc) is 2.90. The van der Waals surface area contributed by atoms with E-state index in [1.54, 1.807) is 7.11 Å².